The second-order valence-corrected chi connectivity index (χ2v) is 8.16. The Bertz CT molecular complexity index is 598. The van der Waals surface area contributed by atoms with Gasteiger partial charge in [0.1, 0.15) is 11.9 Å². The SMILES string of the molecule is CC(C)C(C)NC(=O)C1CSCN1C(=O)CSc1ccccc1F. The molecule has 1 heterocycles. The van der Waals surface area contributed by atoms with Crippen LogP contribution in [0.15, 0.2) is 29.2 Å². The predicted molar refractivity (Wildman–Crippen MR) is 97.5 cm³/mol. The summed E-state index contributed by atoms with van der Waals surface area (Å²) in [4.78, 5) is 26.9. The van der Waals surface area contributed by atoms with Gasteiger partial charge in [0.15, 0.2) is 0 Å². The monoisotopic (exact) mass is 370 g/mol. The summed E-state index contributed by atoms with van der Waals surface area (Å²) in [5.41, 5.74) is 0. The van der Waals surface area contributed by atoms with Crippen LogP contribution in [0.4, 0.5) is 4.39 Å². The van der Waals surface area contributed by atoms with Crippen molar-refractivity contribution in [2.75, 3.05) is 17.4 Å². The van der Waals surface area contributed by atoms with Gasteiger partial charge in [0.05, 0.1) is 11.6 Å². The average Bonchev–Trinajstić information content (AvgIpc) is 3.03. The molecular formula is C17H23FN2O2S2. The van der Waals surface area contributed by atoms with Crippen molar-refractivity contribution < 1.29 is 14.0 Å². The summed E-state index contributed by atoms with van der Waals surface area (Å²) in [6.45, 7) is 6.05. The molecule has 4 nitrogen and oxygen atoms in total. The van der Waals surface area contributed by atoms with E-state index in [1.807, 2.05) is 20.8 Å². The summed E-state index contributed by atoms with van der Waals surface area (Å²) in [6.07, 6.45) is 0. The molecule has 1 aromatic carbocycles. The van der Waals surface area contributed by atoms with Gasteiger partial charge in [-0.3, -0.25) is 9.59 Å². The highest BCUT2D eigenvalue weighted by Crippen LogP contribution is 2.25. The van der Waals surface area contributed by atoms with Gasteiger partial charge >= 0.3 is 0 Å². The Labute approximate surface area is 150 Å². The quantitative estimate of drug-likeness (QED) is 0.782. The lowest BCUT2D eigenvalue weighted by molar-refractivity contribution is -0.136. The summed E-state index contributed by atoms with van der Waals surface area (Å²) in [6, 6.07) is 6.01. The van der Waals surface area contributed by atoms with E-state index in [0.29, 0.717) is 22.4 Å². The van der Waals surface area contributed by atoms with Gasteiger partial charge in [-0.15, -0.1) is 23.5 Å². The van der Waals surface area contributed by atoms with Crippen LogP contribution in [0.1, 0.15) is 20.8 Å². The van der Waals surface area contributed by atoms with E-state index in [1.54, 1.807) is 34.9 Å². The first kappa shape index (κ1) is 19.1. The first-order valence-electron chi connectivity index (χ1n) is 7.95. The zero-order valence-electron chi connectivity index (χ0n) is 14.1. The van der Waals surface area contributed by atoms with Crippen LogP contribution in [0.25, 0.3) is 0 Å². The van der Waals surface area contributed by atoms with Gasteiger partial charge in [0.2, 0.25) is 11.8 Å². The van der Waals surface area contributed by atoms with E-state index in [9.17, 15) is 14.0 Å². The molecule has 0 spiro atoms. The van der Waals surface area contributed by atoms with Gasteiger partial charge in [0, 0.05) is 16.7 Å². The first-order chi connectivity index (χ1) is 11.4. The van der Waals surface area contributed by atoms with Crippen molar-refractivity contribution in [3.8, 4) is 0 Å². The number of thioether (sulfide) groups is 2. The Morgan fingerprint density at radius 1 is 1.38 bits per heavy atom. The Hall–Kier alpha value is -1.21. The summed E-state index contributed by atoms with van der Waals surface area (Å²) in [7, 11) is 0. The number of nitrogens with zero attached hydrogens (tertiary/aromatic N) is 1. The molecule has 0 aliphatic carbocycles. The summed E-state index contributed by atoms with van der Waals surface area (Å²) >= 11 is 2.74. The molecule has 2 unspecified atom stereocenters. The van der Waals surface area contributed by atoms with Gasteiger partial charge in [-0.2, -0.15) is 0 Å². The van der Waals surface area contributed by atoms with E-state index >= 15 is 0 Å². The highest BCUT2D eigenvalue weighted by Gasteiger charge is 2.35. The van der Waals surface area contributed by atoms with Crippen molar-refractivity contribution in [2.24, 2.45) is 5.92 Å². The van der Waals surface area contributed by atoms with Crippen LogP contribution in [0, 0.1) is 11.7 Å². The molecular weight excluding hydrogens is 347 g/mol. The first-order valence-corrected chi connectivity index (χ1v) is 10.1. The molecule has 2 atom stereocenters. The number of carbonyl (C=O) groups excluding carboxylic acids is 2. The van der Waals surface area contributed by atoms with Crippen LogP contribution in [-0.4, -0.2) is 46.2 Å². The van der Waals surface area contributed by atoms with E-state index in [2.05, 4.69) is 5.32 Å². The number of carbonyl (C=O) groups is 2. The van der Waals surface area contributed by atoms with Crippen LogP contribution in [0.5, 0.6) is 0 Å². The number of benzene rings is 1. The lowest BCUT2D eigenvalue weighted by Gasteiger charge is -2.26. The number of hydrogen-bond donors (Lipinski definition) is 1. The average molecular weight is 371 g/mol. The smallest absolute Gasteiger partial charge is 0.243 e. The lowest BCUT2D eigenvalue weighted by Crippen LogP contribution is -2.50. The number of rotatable bonds is 6. The molecule has 2 amide bonds. The summed E-state index contributed by atoms with van der Waals surface area (Å²) in [5, 5.41) is 2.98. The van der Waals surface area contributed by atoms with Gasteiger partial charge in [-0.25, -0.2) is 4.39 Å². The Morgan fingerprint density at radius 2 is 2.08 bits per heavy atom. The number of halogens is 1. The van der Waals surface area contributed by atoms with E-state index in [4.69, 9.17) is 0 Å². The lowest BCUT2D eigenvalue weighted by atomic mass is 10.1. The molecule has 1 N–H and O–H groups in total. The zero-order valence-corrected chi connectivity index (χ0v) is 15.8. The minimum Gasteiger partial charge on any atom is -0.352 e. The Balaban J connectivity index is 1.93. The van der Waals surface area contributed by atoms with Gasteiger partial charge in [0.25, 0.3) is 0 Å². The molecule has 1 aliphatic heterocycles. The molecule has 0 radical (unpaired) electrons. The summed E-state index contributed by atoms with van der Waals surface area (Å²) in [5.74, 6) is 1.01. The second kappa shape index (κ2) is 8.76. The molecule has 2 rings (SSSR count). The minimum atomic E-state index is -0.440. The second-order valence-electron chi connectivity index (χ2n) is 6.14. The zero-order chi connectivity index (χ0) is 17.7. The standard InChI is InChI=1S/C17H23FN2O2S2/c1-11(2)12(3)19-17(22)14-8-23-10-20(14)16(21)9-24-15-7-5-4-6-13(15)18/h4-7,11-12,14H,8-10H2,1-3H3,(H,19,22). The number of nitrogens with one attached hydrogen (secondary N) is 1. The van der Waals surface area contributed by atoms with Crippen LogP contribution in [0.3, 0.4) is 0 Å². The fraction of sp³-hybridized carbons (Fsp3) is 0.529. The largest absolute Gasteiger partial charge is 0.352 e. The molecule has 0 bridgehead atoms. The van der Waals surface area contributed by atoms with Crippen LogP contribution < -0.4 is 5.32 Å². The van der Waals surface area contributed by atoms with Crippen molar-refractivity contribution in [1.82, 2.24) is 10.2 Å². The molecule has 132 valence electrons. The number of amides is 2. The topological polar surface area (TPSA) is 49.4 Å². The molecule has 0 aromatic heterocycles. The van der Waals surface area contributed by atoms with E-state index < -0.39 is 6.04 Å². The molecule has 0 saturated carbocycles. The third-order valence-electron chi connectivity index (χ3n) is 4.06. The fourth-order valence-corrected chi connectivity index (χ4v) is 4.18. The van der Waals surface area contributed by atoms with Gasteiger partial charge < -0.3 is 10.2 Å². The van der Waals surface area contributed by atoms with Crippen molar-refractivity contribution in [3.63, 3.8) is 0 Å². The normalized spacial score (nSPS) is 18.7. The van der Waals surface area contributed by atoms with E-state index in [0.717, 1.165) is 0 Å². The highest BCUT2D eigenvalue weighted by atomic mass is 32.2. The molecule has 1 aromatic rings. The Morgan fingerprint density at radius 3 is 2.75 bits per heavy atom. The van der Waals surface area contributed by atoms with Crippen molar-refractivity contribution in [2.45, 2.75) is 37.8 Å². The highest BCUT2D eigenvalue weighted by molar-refractivity contribution is 8.00. The van der Waals surface area contributed by atoms with E-state index in [1.165, 1.54) is 17.8 Å². The fourth-order valence-electron chi connectivity index (χ4n) is 2.18. The van der Waals surface area contributed by atoms with Crippen molar-refractivity contribution >= 4 is 35.3 Å². The van der Waals surface area contributed by atoms with Gasteiger partial charge in [-0.1, -0.05) is 26.0 Å². The molecule has 1 aliphatic rings. The van der Waals surface area contributed by atoms with Crippen LogP contribution >= 0.6 is 23.5 Å². The van der Waals surface area contributed by atoms with Crippen molar-refractivity contribution in [3.05, 3.63) is 30.1 Å². The maximum atomic E-state index is 13.6. The molecule has 7 heteroatoms. The number of hydrogen-bond acceptors (Lipinski definition) is 4. The predicted octanol–water partition coefficient (Wildman–Crippen LogP) is 2.98. The molecule has 1 fully saturated rings. The molecule has 24 heavy (non-hydrogen) atoms. The third-order valence-corrected chi connectivity index (χ3v) is 6.11. The van der Waals surface area contributed by atoms with Crippen molar-refractivity contribution in [1.29, 1.82) is 0 Å². The maximum Gasteiger partial charge on any atom is 0.243 e. The third kappa shape index (κ3) is 4.89. The molecule has 1 saturated heterocycles. The van der Waals surface area contributed by atoms with Gasteiger partial charge in [-0.05, 0) is 25.0 Å². The summed E-state index contributed by atoms with van der Waals surface area (Å²) < 4.78 is 13.6. The maximum absolute atomic E-state index is 13.6. The van der Waals surface area contributed by atoms with Crippen LogP contribution in [-0.2, 0) is 9.59 Å². The van der Waals surface area contributed by atoms with Crippen LogP contribution in [0.2, 0.25) is 0 Å². The van der Waals surface area contributed by atoms with E-state index in [-0.39, 0.29) is 29.4 Å². The minimum absolute atomic E-state index is 0.0628. The Kier molecular flexibility index (Phi) is 6.98.